The van der Waals surface area contributed by atoms with Crippen LogP contribution in [0.5, 0.6) is 0 Å². The maximum atomic E-state index is 9.64. The summed E-state index contributed by atoms with van der Waals surface area (Å²) in [6.07, 6.45) is 3.60. The second kappa shape index (κ2) is 6.82. The predicted molar refractivity (Wildman–Crippen MR) is 67.6 cm³/mol. The summed E-state index contributed by atoms with van der Waals surface area (Å²) in [5, 5.41) is 13.1. The molecule has 0 radical (unpaired) electrons. The van der Waals surface area contributed by atoms with Crippen molar-refractivity contribution in [1.29, 1.82) is 0 Å². The molecule has 5 heteroatoms. The Labute approximate surface area is 109 Å². The van der Waals surface area contributed by atoms with E-state index in [4.69, 9.17) is 14.2 Å². The van der Waals surface area contributed by atoms with Gasteiger partial charge in [-0.1, -0.05) is 0 Å². The van der Waals surface area contributed by atoms with Crippen LogP contribution in [0.1, 0.15) is 25.7 Å². The lowest BCUT2D eigenvalue weighted by atomic mass is 9.84. The van der Waals surface area contributed by atoms with Crippen LogP contribution < -0.4 is 5.32 Å². The molecule has 0 saturated carbocycles. The zero-order chi connectivity index (χ0) is 12.8. The van der Waals surface area contributed by atoms with Crippen molar-refractivity contribution in [3.63, 3.8) is 0 Å². The first-order valence-corrected chi connectivity index (χ1v) is 6.86. The van der Waals surface area contributed by atoms with Crippen LogP contribution in [-0.2, 0) is 14.2 Å². The van der Waals surface area contributed by atoms with Gasteiger partial charge >= 0.3 is 0 Å². The average Bonchev–Trinajstić information content (AvgIpc) is 2.38. The summed E-state index contributed by atoms with van der Waals surface area (Å²) in [6.45, 7) is 3.39. The minimum atomic E-state index is -0.427. The Bertz CT molecular complexity index is 238. The molecular formula is C13H25NO4. The zero-order valence-electron chi connectivity index (χ0n) is 11.2. The fourth-order valence-electron chi connectivity index (χ4n) is 2.85. The molecule has 2 unspecified atom stereocenters. The van der Waals surface area contributed by atoms with Crippen LogP contribution in [0, 0.1) is 0 Å². The van der Waals surface area contributed by atoms with Crippen molar-refractivity contribution in [2.24, 2.45) is 0 Å². The topological polar surface area (TPSA) is 60.0 Å². The number of ether oxygens (including phenoxy) is 3. The number of aliphatic hydroxyl groups is 1. The van der Waals surface area contributed by atoms with E-state index in [0.717, 1.165) is 45.5 Å². The smallest absolute Gasteiger partial charge is 0.0897 e. The molecule has 1 spiro atoms. The molecule has 0 aromatic heterocycles. The fraction of sp³-hybridized carbons (Fsp3) is 1.00. The molecule has 18 heavy (non-hydrogen) atoms. The van der Waals surface area contributed by atoms with Gasteiger partial charge in [0.1, 0.15) is 0 Å². The monoisotopic (exact) mass is 259 g/mol. The molecule has 0 aromatic rings. The highest BCUT2D eigenvalue weighted by atomic mass is 16.5. The number of aliphatic hydroxyl groups excluding tert-OH is 1. The molecule has 2 aliphatic heterocycles. The van der Waals surface area contributed by atoms with E-state index in [2.05, 4.69) is 5.32 Å². The van der Waals surface area contributed by atoms with Gasteiger partial charge in [-0.05, 0) is 25.7 Å². The molecule has 106 valence electrons. The second-order valence-corrected chi connectivity index (χ2v) is 5.35. The maximum absolute atomic E-state index is 9.64. The van der Waals surface area contributed by atoms with Crippen molar-refractivity contribution in [1.82, 2.24) is 5.32 Å². The van der Waals surface area contributed by atoms with Crippen molar-refractivity contribution < 1.29 is 19.3 Å². The fourth-order valence-corrected chi connectivity index (χ4v) is 2.85. The van der Waals surface area contributed by atoms with Gasteiger partial charge in [0.05, 0.1) is 18.3 Å². The zero-order valence-corrected chi connectivity index (χ0v) is 11.2. The molecule has 2 aliphatic rings. The summed E-state index contributed by atoms with van der Waals surface area (Å²) in [7, 11) is 1.61. The average molecular weight is 259 g/mol. The van der Waals surface area contributed by atoms with Crippen LogP contribution in [0.4, 0.5) is 0 Å². The molecule has 0 aromatic carbocycles. The first-order chi connectivity index (χ1) is 8.74. The quantitative estimate of drug-likeness (QED) is 0.744. The van der Waals surface area contributed by atoms with E-state index < -0.39 is 6.10 Å². The van der Waals surface area contributed by atoms with Gasteiger partial charge in [0.25, 0.3) is 0 Å². The summed E-state index contributed by atoms with van der Waals surface area (Å²) in [6, 6.07) is 0.434. The first kappa shape index (κ1) is 14.2. The van der Waals surface area contributed by atoms with Gasteiger partial charge in [0.15, 0.2) is 0 Å². The third-order valence-electron chi connectivity index (χ3n) is 3.90. The van der Waals surface area contributed by atoms with E-state index in [1.807, 2.05) is 0 Å². The van der Waals surface area contributed by atoms with Crippen molar-refractivity contribution in [3.05, 3.63) is 0 Å². The minimum absolute atomic E-state index is 0.0143. The molecule has 2 N–H and O–H groups in total. The van der Waals surface area contributed by atoms with Gasteiger partial charge < -0.3 is 24.6 Å². The highest BCUT2D eigenvalue weighted by Gasteiger charge is 2.38. The standard InChI is InChI=1S/C13H25NO4/c1-16-10-12(15)9-14-11-2-5-18-13(8-11)3-6-17-7-4-13/h11-12,14-15H,2-10H2,1H3. The molecular weight excluding hydrogens is 234 g/mol. The van der Waals surface area contributed by atoms with E-state index in [-0.39, 0.29) is 5.60 Å². The van der Waals surface area contributed by atoms with E-state index >= 15 is 0 Å². The van der Waals surface area contributed by atoms with E-state index in [9.17, 15) is 5.11 Å². The summed E-state index contributed by atoms with van der Waals surface area (Å²) >= 11 is 0. The van der Waals surface area contributed by atoms with E-state index in [0.29, 0.717) is 19.2 Å². The highest BCUT2D eigenvalue weighted by molar-refractivity contribution is 4.91. The predicted octanol–water partition coefficient (Wildman–Crippen LogP) is 0.312. The molecule has 0 amide bonds. The Hall–Kier alpha value is -0.200. The Morgan fingerprint density at radius 2 is 2.17 bits per heavy atom. The Morgan fingerprint density at radius 1 is 1.39 bits per heavy atom. The van der Waals surface area contributed by atoms with Gasteiger partial charge in [-0.2, -0.15) is 0 Å². The molecule has 2 saturated heterocycles. The summed E-state index contributed by atoms with van der Waals surface area (Å²) in [4.78, 5) is 0. The summed E-state index contributed by atoms with van der Waals surface area (Å²) in [5.74, 6) is 0. The molecule has 0 aliphatic carbocycles. The lowest BCUT2D eigenvalue weighted by Gasteiger charge is -2.43. The third kappa shape index (κ3) is 3.90. The van der Waals surface area contributed by atoms with Crippen LogP contribution in [0.15, 0.2) is 0 Å². The van der Waals surface area contributed by atoms with Crippen molar-refractivity contribution in [2.75, 3.05) is 40.1 Å². The van der Waals surface area contributed by atoms with Gasteiger partial charge in [-0.25, -0.2) is 0 Å². The Balaban J connectivity index is 1.76. The normalized spacial score (nSPS) is 29.3. The SMILES string of the molecule is COCC(O)CNC1CCOC2(CCOCC2)C1. The van der Waals surface area contributed by atoms with Crippen molar-refractivity contribution >= 4 is 0 Å². The number of hydrogen-bond acceptors (Lipinski definition) is 5. The van der Waals surface area contributed by atoms with Crippen molar-refractivity contribution in [3.8, 4) is 0 Å². The Morgan fingerprint density at radius 3 is 2.89 bits per heavy atom. The number of nitrogens with one attached hydrogen (secondary N) is 1. The van der Waals surface area contributed by atoms with Crippen molar-refractivity contribution in [2.45, 2.75) is 43.4 Å². The largest absolute Gasteiger partial charge is 0.389 e. The van der Waals surface area contributed by atoms with Crippen LogP contribution in [0.3, 0.4) is 0 Å². The van der Waals surface area contributed by atoms with E-state index in [1.54, 1.807) is 7.11 Å². The number of hydrogen-bond donors (Lipinski definition) is 2. The highest BCUT2D eigenvalue weighted by Crippen LogP contribution is 2.34. The minimum Gasteiger partial charge on any atom is -0.389 e. The summed E-state index contributed by atoms with van der Waals surface area (Å²) < 4.78 is 16.3. The lowest BCUT2D eigenvalue weighted by Crippen LogP contribution is -2.51. The van der Waals surface area contributed by atoms with Gasteiger partial charge in [0.2, 0.25) is 0 Å². The first-order valence-electron chi connectivity index (χ1n) is 6.86. The van der Waals surface area contributed by atoms with Crippen LogP contribution >= 0.6 is 0 Å². The van der Waals surface area contributed by atoms with Gasteiger partial charge in [-0.15, -0.1) is 0 Å². The molecule has 5 nitrogen and oxygen atoms in total. The number of methoxy groups -OCH3 is 1. The molecule has 2 heterocycles. The van der Waals surface area contributed by atoms with Crippen LogP contribution in [0.25, 0.3) is 0 Å². The van der Waals surface area contributed by atoms with E-state index in [1.165, 1.54) is 0 Å². The van der Waals surface area contributed by atoms with Crippen LogP contribution in [-0.4, -0.2) is 62.9 Å². The molecule has 0 bridgehead atoms. The van der Waals surface area contributed by atoms with Crippen LogP contribution in [0.2, 0.25) is 0 Å². The molecule has 2 fully saturated rings. The summed E-state index contributed by atoms with van der Waals surface area (Å²) in [5.41, 5.74) is 0.0143. The second-order valence-electron chi connectivity index (χ2n) is 5.35. The maximum Gasteiger partial charge on any atom is 0.0897 e. The molecule has 2 atom stereocenters. The lowest BCUT2D eigenvalue weighted by molar-refractivity contribution is -0.140. The molecule has 2 rings (SSSR count). The van der Waals surface area contributed by atoms with Gasteiger partial charge in [0, 0.05) is 39.5 Å². The van der Waals surface area contributed by atoms with Gasteiger partial charge in [-0.3, -0.25) is 0 Å². The third-order valence-corrected chi connectivity index (χ3v) is 3.90. The Kier molecular flexibility index (Phi) is 5.38. The number of rotatable bonds is 5.